The van der Waals surface area contributed by atoms with Crippen LogP contribution in [0.25, 0.3) is 0 Å². The average molecular weight is 261 g/mol. The molecule has 2 aliphatic rings. The molecule has 0 amide bonds. The second-order valence-electron chi connectivity index (χ2n) is 5.57. The first-order valence-electron chi connectivity index (χ1n) is 7.36. The van der Waals surface area contributed by atoms with Gasteiger partial charge in [0.25, 0.3) is 0 Å². The number of nitrogens with zero attached hydrogens (tertiary/aromatic N) is 1. The van der Waals surface area contributed by atoms with Gasteiger partial charge in [0, 0.05) is 6.54 Å². The third-order valence-corrected chi connectivity index (χ3v) is 4.26. The van der Waals surface area contributed by atoms with Crippen LogP contribution in [-0.2, 0) is 16.0 Å². The molecule has 3 rings (SSSR count). The van der Waals surface area contributed by atoms with Gasteiger partial charge in [0.2, 0.25) is 0 Å². The van der Waals surface area contributed by atoms with Crippen molar-refractivity contribution in [3.05, 3.63) is 35.4 Å². The van der Waals surface area contributed by atoms with E-state index in [1.165, 1.54) is 30.4 Å². The first kappa shape index (κ1) is 13.1. The molecule has 0 saturated carbocycles. The van der Waals surface area contributed by atoms with Crippen molar-refractivity contribution in [3.8, 4) is 0 Å². The Balaban J connectivity index is 1.71. The Labute approximate surface area is 115 Å². The molecule has 2 heterocycles. The number of hydrogen-bond donors (Lipinski definition) is 0. The van der Waals surface area contributed by atoms with Gasteiger partial charge in [-0.3, -0.25) is 4.90 Å². The van der Waals surface area contributed by atoms with Gasteiger partial charge in [0.1, 0.15) is 0 Å². The van der Waals surface area contributed by atoms with Crippen LogP contribution in [-0.4, -0.2) is 37.0 Å². The number of hydrogen-bond acceptors (Lipinski definition) is 3. The molecule has 0 N–H and O–H groups in total. The van der Waals surface area contributed by atoms with E-state index in [4.69, 9.17) is 9.47 Å². The maximum absolute atomic E-state index is 5.73. The molecule has 1 aromatic carbocycles. The van der Waals surface area contributed by atoms with Crippen LogP contribution in [0, 0.1) is 6.92 Å². The first-order chi connectivity index (χ1) is 9.34. The minimum atomic E-state index is -0.00989. The van der Waals surface area contributed by atoms with Crippen LogP contribution in [0.1, 0.15) is 30.4 Å². The third-order valence-electron chi connectivity index (χ3n) is 4.26. The zero-order valence-electron chi connectivity index (χ0n) is 11.7. The summed E-state index contributed by atoms with van der Waals surface area (Å²) in [5.74, 6) is 0. The van der Waals surface area contributed by atoms with Crippen molar-refractivity contribution in [1.82, 2.24) is 4.90 Å². The molecule has 0 aliphatic carbocycles. The Morgan fingerprint density at radius 3 is 2.74 bits per heavy atom. The van der Waals surface area contributed by atoms with Crippen molar-refractivity contribution in [1.29, 1.82) is 0 Å². The van der Waals surface area contributed by atoms with Gasteiger partial charge in [0.05, 0.1) is 19.3 Å². The SMILES string of the molecule is Cc1ccccc1CN1CCCCC1C1OCCO1. The molecule has 0 bridgehead atoms. The maximum Gasteiger partial charge on any atom is 0.173 e. The average Bonchev–Trinajstić information content (AvgIpc) is 2.96. The fraction of sp³-hybridized carbons (Fsp3) is 0.625. The van der Waals surface area contributed by atoms with Gasteiger partial charge in [-0.15, -0.1) is 0 Å². The summed E-state index contributed by atoms with van der Waals surface area (Å²) < 4.78 is 11.5. The predicted molar refractivity (Wildman–Crippen MR) is 74.9 cm³/mol. The Hall–Kier alpha value is -0.900. The lowest BCUT2D eigenvalue weighted by Crippen LogP contribution is -2.46. The minimum absolute atomic E-state index is 0.00989. The molecule has 1 atom stereocenters. The van der Waals surface area contributed by atoms with Gasteiger partial charge < -0.3 is 9.47 Å². The first-order valence-corrected chi connectivity index (χ1v) is 7.36. The van der Waals surface area contributed by atoms with Gasteiger partial charge in [-0.05, 0) is 37.4 Å². The van der Waals surface area contributed by atoms with Crippen LogP contribution in [0.4, 0.5) is 0 Å². The summed E-state index contributed by atoms with van der Waals surface area (Å²) in [6.07, 6.45) is 3.76. The van der Waals surface area contributed by atoms with Crippen LogP contribution >= 0.6 is 0 Å². The lowest BCUT2D eigenvalue weighted by molar-refractivity contribution is -0.111. The van der Waals surface area contributed by atoms with Crippen LogP contribution in [0.15, 0.2) is 24.3 Å². The number of ether oxygens (including phenoxy) is 2. The molecular formula is C16H23NO2. The quantitative estimate of drug-likeness (QED) is 0.835. The number of piperidine rings is 1. The molecular weight excluding hydrogens is 238 g/mol. The normalized spacial score (nSPS) is 25.8. The van der Waals surface area contributed by atoms with Crippen LogP contribution < -0.4 is 0 Å². The molecule has 2 saturated heterocycles. The van der Waals surface area contributed by atoms with E-state index >= 15 is 0 Å². The van der Waals surface area contributed by atoms with Crippen molar-refractivity contribution in [3.63, 3.8) is 0 Å². The Morgan fingerprint density at radius 1 is 1.16 bits per heavy atom. The molecule has 3 heteroatoms. The van der Waals surface area contributed by atoms with Gasteiger partial charge in [-0.1, -0.05) is 30.7 Å². The second-order valence-corrected chi connectivity index (χ2v) is 5.57. The zero-order valence-corrected chi connectivity index (χ0v) is 11.7. The number of benzene rings is 1. The van der Waals surface area contributed by atoms with Crippen molar-refractivity contribution < 1.29 is 9.47 Å². The highest BCUT2D eigenvalue weighted by Gasteiger charge is 2.33. The van der Waals surface area contributed by atoms with Gasteiger partial charge >= 0.3 is 0 Å². The zero-order chi connectivity index (χ0) is 13.1. The van der Waals surface area contributed by atoms with Crippen molar-refractivity contribution >= 4 is 0 Å². The Morgan fingerprint density at radius 2 is 1.95 bits per heavy atom. The molecule has 2 aliphatic heterocycles. The predicted octanol–water partition coefficient (Wildman–Crippen LogP) is 2.72. The van der Waals surface area contributed by atoms with E-state index in [1.807, 2.05) is 0 Å². The van der Waals surface area contributed by atoms with Crippen LogP contribution in [0.5, 0.6) is 0 Å². The largest absolute Gasteiger partial charge is 0.349 e. The summed E-state index contributed by atoms with van der Waals surface area (Å²) in [6.45, 7) is 5.86. The van der Waals surface area contributed by atoms with Gasteiger partial charge in [0.15, 0.2) is 6.29 Å². The summed E-state index contributed by atoms with van der Waals surface area (Å²) in [5, 5.41) is 0. The molecule has 0 radical (unpaired) electrons. The minimum Gasteiger partial charge on any atom is -0.349 e. The molecule has 1 unspecified atom stereocenters. The summed E-state index contributed by atoms with van der Waals surface area (Å²) >= 11 is 0. The molecule has 3 nitrogen and oxygen atoms in total. The smallest absolute Gasteiger partial charge is 0.173 e. The van der Waals surface area contributed by atoms with Crippen LogP contribution in [0.2, 0.25) is 0 Å². The van der Waals surface area contributed by atoms with Crippen LogP contribution in [0.3, 0.4) is 0 Å². The molecule has 2 fully saturated rings. The summed E-state index contributed by atoms with van der Waals surface area (Å²) in [6, 6.07) is 9.09. The van der Waals surface area contributed by atoms with E-state index in [0.29, 0.717) is 6.04 Å². The Bertz CT molecular complexity index is 415. The molecule has 1 aromatic rings. The van der Waals surface area contributed by atoms with E-state index in [2.05, 4.69) is 36.1 Å². The standard InChI is InChI=1S/C16H23NO2/c1-13-6-2-3-7-14(13)12-17-9-5-4-8-15(17)16-18-10-11-19-16/h2-3,6-7,15-16H,4-5,8-12H2,1H3. The topological polar surface area (TPSA) is 21.7 Å². The van der Waals surface area contributed by atoms with Gasteiger partial charge in [-0.25, -0.2) is 0 Å². The fourth-order valence-electron chi connectivity index (χ4n) is 3.13. The van der Waals surface area contributed by atoms with Crippen molar-refractivity contribution in [2.45, 2.75) is 45.1 Å². The highest BCUT2D eigenvalue weighted by molar-refractivity contribution is 5.25. The molecule has 104 valence electrons. The highest BCUT2D eigenvalue weighted by atomic mass is 16.7. The lowest BCUT2D eigenvalue weighted by Gasteiger charge is -2.38. The molecule has 0 aromatic heterocycles. The number of rotatable bonds is 3. The molecule has 0 spiro atoms. The van der Waals surface area contributed by atoms with Crippen molar-refractivity contribution in [2.75, 3.05) is 19.8 Å². The Kier molecular flexibility index (Phi) is 4.16. The van der Waals surface area contributed by atoms with E-state index in [1.54, 1.807) is 0 Å². The lowest BCUT2D eigenvalue weighted by atomic mass is 9.99. The van der Waals surface area contributed by atoms with E-state index in [9.17, 15) is 0 Å². The van der Waals surface area contributed by atoms with Gasteiger partial charge in [-0.2, -0.15) is 0 Å². The summed E-state index contributed by atoms with van der Waals surface area (Å²) in [5.41, 5.74) is 2.80. The molecule has 19 heavy (non-hydrogen) atoms. The fourth-order valence-corrected chi connectivity index (χ4v) is 3.13. The highest BCUT2D eigenvalue weighted by Crippen LogP contribution is 2.26. The summed E-state index contributed by atoms with van der Waals surface area (Å²) in [7, 11) is 0. The van der Waals surface area contributed by atoms with E-state index < -0.39 is 0 Å². The van der Waals surface area contributed by atoms with Crippen molar-refractivity contribution in [2.24, 2.45) is 0 Å². The number of aryl methyl sites for hydroxylation is 1. The second kappa shape index (κ2) is 6.04. The van der Waals surface area contributed by atoms with E-state index in [-0.39, 0.29) is 6.29 Å². The third kappa shape index (κ3) is 2.99. The van der Waals surface area contributed by atoms with E-state index in [0.717, 1.165) is 26.3 Å². The monoisotopic (exact) mass is 261 g/mol. The number of likely N-dealkylation sites (tertiary alicyclic amines) is 1. The maximum atomic E-state index is 5.73. The summed E-state index contributed by atoms with van der Waals surface area (Å²) in [4.78, 5) is 2.54.